The summed E-state index contributed by atoms with van der Waals surface area (Å²) in [4.78, 5) is 6.34. The number of hydrogen-bond donors (Lipinski definition) is 1. The minimum Gasteiger partial charge on any atom is -0.335 e. The summed E-state index contributed by atoms with van der Waals surface area (Å²) in [5.41, 5.74) is 0. The molecule has 3 heterocycles. The third kappa shape index (κ3) is 1.88. The van der Waals surface area contributed by atoms with E-state index in [0.717, 1.165) is 4.47 Å². The zero-order valence-corrected chi connectivity index (χ0v) is 11.6. The molecule has 0 atom stereocenters. The van der Waals surface area contributed by atoms with Crippen molar-refractivity contribution in [3.05, 3.63) is 29.4 Å². The topological polar surface area (TPSA) is 83.9 Å². The summed E-state index contributed by atoms with van der Waals surface area (Å²) >= 11 is 3.31. The third-order valence-electron chi connectivity index (χ3n) is 2.86. The fourth-order valence-electron chi connectivity index (χ4n) is 1.82. The molecule has 0 amide bonds. The summed E-state index contributed by atoms with van der Waals surface area (Å²) < 4.78 is 28.2. The molecule has 0 spiro atoms. The number of aromatic nitrogens is 4. The highest BCUT2D eigenvalue weighted by Gasteiger charge is 2.38. The molecule has 1 fully saturated rings. The van der Waals surface area contributed by atoms with Gasteiger partial charge in [0.25, 0.3) is 10.0 Å². The highest BCUT2D eigenvalue weighted by molar-refractivity contribution is 9.10. The fraction of sp³-hybridized carbons (Fsp3) is 0.333. The maximum Gasteiger partial charge on any atom is 0.260 e. The van der Waals surface area contributed by atoms with Crippen LogP contribution in [0.5, 0.6) is 0 Å². The Hall–Kier alpha value is -1.19. The zero-order chi connectivity index (χ0) is 12.8. The molecule has 0 bridgehead atoms. The molecule has 18 heavy (non-hydrogen) atoms. The van der Waals surface area contributed by atoms with Crippen LogP contribution in [0.25, 0.3) is 0 Å². The van der Waals surface area contributed by atoms with Gasteiger partial charge in [-0.3, -0.25) is 4.68 Å². The summed E-state index contributed by atoms with van der Waals surface area (Å²) in [6, 6.07) is 0.0917. The lowest BCUT2D eigenvalue weighted by Gasteiger charge is -2.37. The van der Waals surface area contributed by atoms with Crippen LogP contribution in [0.3, 0.4) is 0 Å². The van der Waals surface area contributed by atoms with E-state index in [-0.39, 0.29) is 11.1 Å². The molecule has 1 saturated heterocycles. The minimum absolute atomic E-state index is 0.0917. The van der Waals surface area contributed by atoms with E-state index >= 15 is 0 Å². The first kappa shape index (κ1) is 11.9. The van der Waals surface area contributed by atoms with Gasteiger partial charge in [0, 0.05) is 19.3 Å². The van der Waals surface area contributed by atoms with Gasteiger partial charge in [-0.05, 0) is 15.9 Å². The van der Waals surface area contributed by atoms with Crippen molar-refractivity contribution in [2.24, 2.45) is 0 Å². The van der Waals surface area contributed by atoms with E-state index in [4.69, 9.17) is 0 Å². The fourth-order valence-corrected chi connectivity index (χ4v) is 3.53. The summed E-state index contributed by atoms with van der Waals surface area (Å²) in [6.07, 6.45) is 6.19. The van der Waals surface area contributed by atoms with E-state index in [0.29, 0.717) is 13.1 Å². The zero-order valence-electron chi connectivity index (χ0n) is 9.19. The molecule has 1 aliphatic rings. The molecule has 0 unspecified atom stereocenters. The normalized spacial score (nSPS) is 17.8. The van der Waals surface area contributed by atoms with Crippen LogP contribution in [0.2, 0.25) is 0 Å². The van der Waals surface area contributed by atoms with Gasteiger partial charge in [0.2, 0.25) is 0 Å². The molecule has 0 aromatic carbocycles. The maximum atomic E-state index is 12.1. The number of halogens is 1. The Balaban J connectivity index is 1.73. The summed E-state index contributed by atoms with van der Waals surface area (Å²) in [5, 5.41) is 4.27. The Morgan fingerprint density at radius 1 is 1.39 bits per heavy atom. The SMILES string of the molecule is O=S(=O)(c1cnc[nH]1)N1CC(n2cc(Br)cn2)C1. The highest BCUT2D eigenvalue weighted by Crippen LogP contribution is 2.27. The van der Waals surface area contributed by atoms with E-state index in [1.807, 2.05) is 6.20 Å². The summed E-state index contributed by atoms with van der Waals surface area (Å²) in [5.74, 6) is 0. The molecule has 1 aliphatic heterocycles. The molecule has 9 heteroatoms. The van der Waals surface area contributed by atoms with Crippen molar-refractivity contribution < 1.29 is 8.42 Å². The van der Waals surface area contributed by atoms with E-state index < -0.39 is 10.0 Å². The number of nitrogens with one attached hydrogen (secondary N) is 1. The molecule has 7 nitrogen and oxygen atoms in total. The van der Waals surface area contributed by atoms with Gasteiger partial charge in [-0.25, -0.2) is 13.4 Å². The second kappa shape index (κ2) is 4.18. The second-order valence-corrected chi connectivity index (χ2v) is 6.85. The maximum absolute atomic E-state index is 12.1. The molecule has 0 radical (unpaired) electrons. The van der Waals surface area contributed by atoms with Crippen LogP contribution in [-0.4, -0.2) is 45.6 Å². The summed E-state index contributed by atoms with van der Waals surface area (Å²) in [6.45, 7) is 0.852. The monoisotopic (exact) mass is 331 g/mol. The van der Waals surface area contributed by atoms with Crippen molar-refractivity contribution in [2.75, 3.05) is 13.1 Å². The molecule has 3 rings (SSSR count). The Morgan fingerprint density at radius 2 is 2.17 bits per heavy atom. The molecule has 2 aromatic heterocycles. The average molecular weight is 332 g/mol. The number of sulfonamides is 1. The van der Waals surface area contributed by atoms with Gasteiger partial charge in [-0.1, -0.05) is 0 Å². The van der Waals surface area contributed by atoms with Gasteiger partial charge in [0.1, 0.15) is 0 Å². The van der Waals surface area contributed by atoms with Crippen LogP contribution in [-0.2, 0) is 10.0 Å². The van der Waals surface area contributed by atoms with Gasteiger partial charge in [-0.2, -0.15) is 9.40 Å². The number of H-pyrrole nitrogens is 1. The highest BCUT2D eigenvalue weighted by atomic mass is 79.9. The molecular weight excluding hydrogens is 322 g/mol. The number of rotatable bonds is 3. The van der Waals surface area contributed by atoms with Crippen LogP contribution >= 0.6 is 15.9 Å². The van der Waals surface area contributed by atoms with Crippen LogP contribution in [0.4, 0.5) is 0 Å². The van der Waals surface area contributed by atoms with Crippen molar-refractivity contribution in [3.63, 3.8) is 0 Å². The van der Waals surface area contributed by atoms with Crippen molar-refractivity contribution in [3.8, 4) is 0 Å². The summed E-state index contributed by atoms with van der Waals surface area (Å²) in [7, 11) is -3.43. The standard InChI is InChI=1S/C9H10BrN5O2S/c10-7-1-13-15(3-7)8-4-14(5-8)18(16,17)9-2-11-6-12-9/h1-3,6,8H,4-5H2,(H,11,12). The molecular formula is C9H10BrN5O2S. The Morgan fingerprint density at radius 3 is 2.72 bits per heavy atom. The molecule has 1 N–H and O–H groups in total. The third-order valence-corrected chi connectivity index (χ3v) is 5.03. The molecule has 96 valence electrons. The smallest absolute Gasteiger partial charge is 0.260 e. The number of imidazole rings is 1. The van der Waals surface area contributed by atoms with Crippen molar-refractivity contribution in [1.29, 1.82) is 0 Å². The Bertz CT molecular complexity index is 644. The first-order valence-electron chi connectivity index (χ1n) is 5.25. The Labute approximate surface area is 112 Å². The van der Waals surface area contributed by atoms with Crippen LogP contribution in [0, 0.1) is 0 Å². The molecule has 2 aromatic rings. The van der Waals surface area contributed by atoms with Gasteiger partial charge in [0.15, 0.2) is 5.03 Å². The van der Waals surface area contributed by atoms with Crippen LogP contribution in [0.15, 0.2) is 34.4 Å². The first-order valence-corrected chi connectivity index (χ1v) is 7.49. The first-order chi connectivity index (χ1) is 8.57. The lowest BCUT2D eigenvalue weighted by molar-refractivity contribution is 0.191. The van der Waals surface area contributed by atoms with Crippen molar-refractivity contribution in [2.45, 2.75) is 11.1 Å². The van der Waals surface area contributed by atoms with E-state index in [2.05, 4.69) is 31.0 Å². The quantitative estimate of drug-likeness (QED) is 0.893. The van der Waals surface area contributed by atoms with Gasteiger partial charge in [-0.15, -0.1) is 0 Å². The molecule has 0 saturated carbocycles. The second-order valence-electron chi connectivity index (χ2n) is 4.03. The minimum atomic E-state index is -3.43. The predicted molar refractivity (Wildman–Crippen MR) is 66.3 cm³/mol. The van der Waals surface area contributed by atoms with Gasteiger partial charge in [0.05, 0.1) is 29.2 Å². The number of hydrogen-bond acceptors (Lipinski definition) is 4. The number of nitrogens with zero attached hydrogens (tertiary/aromatic N) is 4. The van der Waals surface area contributed by atoms with Gasteiger partial charge >= 0.3 is 0 Å². The van der Waals surface area contributed by atoms with E-state index in [1.54, 1.807) is 10.9 Å². The van der Waals surface area contributed by atoms with Crippen LogP contribution in [0.1, 0.15) is 6.04 Å². The van der Waals surface area contributed by atoms with Crippen molar-refractivity contribution >= 4 is 26.0 Å². The van der Waals surface area contributed by atoms with E-state index in [1.165, 1.54) is 16.8 Å². The van der Waals surface area contributed by atoms with Gasteiger partial charge < -0.3 is 4.98 Å². The molecule has 0 aliphatic carbocycles. The Kier molecular flexibility index (Phi) is 2.76. The predicted octanol–water partition coefficient (Wildman–Crippen LogP) is 0.614. The van der Waals surface area contributed by atoms with Crippen LogP contribution < -0.4 is 0 Å². The average Bonchev–Trinajstić information content (AvgIpc) is 2.86. The largest absolute Gasteiger partial charge is 0.335 e. The lowest BCUT2D eigenvalue weighted by atomic mass is 10.2. The van der Waals surface area contributed by atoms with Crippen molar-refractivity contribution in [1.82, 2.24) is 24.1 Å². The number of aromatic amines is 1. The lowest BCUT2D eigenvalue weighted by Crippen LogP contribution is -2.50. The van der Waals surface area contributed by atoms with E-state index in [9.17, 15) is 8.42 Å².